The Balaban J connectivity index is 1.19. The van der Waals surface area contributed by atoms with Crippen molar-refractivity contribution >= 4 is 60.9 Å². The summed E-state index contributed by atoms with van der Waals surface area (Å²) in [5.74, 6) is 0.569. The molecule has 0 aliphatic heterocycles. The molecule has 0 unspecified atom stereocenters. The first kappa shape index (κ1) is 30.7. The van der Waals surface area contributed by atoms with E-state index in [0.717, 1.165) is 72.0 Å². The molecule has 2 aromatic heterocycles. The van der Waals surface area contributed by atoms with Crippen LogP contribution in [0.1, 0.15) is 25.0 Å². The number of oxazole rings is 1. The van der Waals surface area contributed by atoms with Crippen molar-refractivity contribution in [3.8, 4) is 33.7 Å². The van der Waals surface area contributed by atoms with Crippen LogP contribution in [0.2, 0.25) is 0 Å². The van der Waals surface area contributed by atoms with Gasteiger partial charge in [0.2, 0.25) is 5.89 Å². The second kappa shape index (κ2) is 11.5. The molecule has 0 fully saturated rings. The van der Waals surface area contributed by atoms with Gasteiger partial charge in [0.05, 0.1) is 5.69 Å². The van der Waals surface area contributed by atoms with Crippen molar-refractivity contribution in [2.45, 2.75) is 19.3 Å². The van der Waals surface area contributed by atoms with Crippen molar-refractivity contribution in [1.29, 1.82) is 0 Å². The van der Waals surface area contributed by atoms with E-state index in [-0.39, 0.29) is 5.41 Å². The van der Waals surface area contributed by atoms with Crippen molar-refractivity contribution in [2.24, 2.45) is 0 Å². The number of furan rings is 1. The molecular weight excluding hydrogens is 661 g/mol. The van der Waals surface area contributed by atoms with Crippen LogP contribution in [0.3, 0.4) is 0 Å². The Bertz CT molecular complexity index is 3050. The summed E-state index contributed by atoms with van der Waals surface area (Å²) in [5.41, 5.74) is 14.5. The molecule has 2 heterocycles. The average Bonchev–Trinajstić information content (AvgIpc) is 3.90. The first-order valence-electron chi connectivity index (χ1n) is 18.5. The zero-order valence-corrected chi connectivity index (χ0v) is 29.9. The van der Waals surface area contributed by atoms with Crippen molar-refractivity contribution in [2.75, 3.05) is 4.90 Å². The summed E-state index contributed by atoms with van der Waals surface area (Å²) in [6, 6.07) is 60.1. The van der Waals surface area contributed by atoms with Gasteiger partial charge in [0.1, 0.15) is 11.1 Å². The Labute approximate surface area is 312 Å². The number of fused-ring (bicyclic) bond motifs is 9. The second-order valence-electron chi connectivity index (χ2n) is 14.7. The van der Waals surface area contributed by atoms with Crippen LogP contribution in [0.4, 0.5) is 17.1 Å². The van der Waals surface area contributed by atoms with Gasteiger partial charge in [-0.05, 0) is 98.8 Å². The highest BCUT2D eigenvalue weighted by Gasteiger charge is 2.36. The molecule has 0 N–H and O–H groups in total. The average molecular weight is 695 g/mol. The molecule has 0 radical (unpaired) electrons. The van der Waals surface area contributed by atoms with Crippen molar-refractivity contribution < 1.29 is 8.83 Å². The van der Waals surface area contributed by atoms with Crippen LogP contribution in [0.5, 0.6) is 0 Å². The third-order valence-electron chi connectivity index (χ3n) is 11.3. The fraction of sp³-hybridized carbons (Fsp3) is 0.0600. The Morgan fingerprint density at radius 1 is 0.500 bits per heavy atom. The Morgan fingerprint density at radius 2 is 1.20 bits per heavy atom. The monoisotopic (exact) mass is 694 g/mol. The van der Waals surface area contributed by atoms with Crippen LogP contribution in [0.15, 0.2) is 179 Å². The summed E-state index contributed by atoms with van der Waals surface area (Å²) in [6.07, 6.45) is 0. The van der Waals surface area contributed by atoms with Gasteiger partial charge in [-0.25, -0.2) is 4.98 Å². The number of hydrogen-bond acceptors (Lipinski definition) is 4. The van der Waals surface area contributed by atoms with Crippen LogP contribution >= 0.6 is 0 Å². The zero-order chi connectivity index (χ0) is 36.0. The van der Waals surface area contributed by atoms with E-state index in [2.05, 4.69) is 164 Å². The molecule has 0 spiro atoms. The highest BCUT2D eigenvalue weighted by molar-refractivity contribution is 6.24. The lowest BCUT2D eigenvalue weighted by Crippen LogP contribution is -2.16. The molecule has 0 saturated carbocycles. The van der Waals surface area contributed by atoms with E-state index in [1.807, 2.05) is 24.3 Å². The number of rotatable bonds is 5. The van der Waals surface area contributed by atoms with Gasteiger partial charge < -0.3 is 13.7 Å². The summed E-state index contributed by atoms with van der Waals surface area (Å²) < 4.78 is 13.5. The molecule has 1 aliphatic carbocycles. The van der Waals surface area contributed by atoms with Crippen molar-refractivity contribution in [3.05, 3.63) is 181 Å². The third kappa shape index (κ3) is 4.53. The summed E-state index contributed by atoms with van der Waals surface area (Å²) in [6.45, 7) is 4.66. The minimum atomic E-state index is -0.158. The SMILES string of the molecule is CC1(C)c2ccccc2-c2ccc(N(c3ccc(-c4ccccc4)cc3)c3ccc(-c4nc5ccccc5o4)c4c3oc3ccc5ccccc5c34)cc21. The standard InChI is InChI=1S/C50H34N2O2/c1-50(2)40-17-9-8-16-37(40)38-26-25-35(30-41(38)50)52(34-23-20-32(21-24-34)31-12-4-3-5-13-31)43-28-27-39(49-51-42-18-10-11-19-44(42)54-49)47-46-36-15-7-6-14-33(36)22-29-45(46)53-48(43)47/h3-30H,1-2H3. The van der Waals surface area contributed by atoms with Crippen LogP contribution in [0.25, 0.3) is 77.5 Å². The zero-order valence-electron chi connectivity index (χ0n) is 29.9. The molecule has 4 heteroatoms. The predicted octanol–water partition coefficient (Wildman–Crippen LogP) is 14.0. The molecule has 256 valence electrons. The molecule has 0 atom stereocenters. The molecule has 11 rings (SSSR count). The maximum atomic E-state index is 7.02. The van der Waals surface area contributed by atoms with Gasteiger partial charge >= 0.3 is 0 Å². The highest BCUT2D eigenvalue weighted by atomic mass is 16.3. The van der Waals surface area contributed by atoms with Gasteiger partial charge in [0, 0.05) is 33.1 Å². The molecule has 4 nitrogen and oxygen atoms in total. The molecule has 10 aromatic rings. The van der Waals surface area contributed by atoms with E-state index < -0.39 is 0 Å². The quantitative estimate of drug-likeness (QED) is 0.180. The van der Waals surface area contributed by atoms with Crippen LogP contribution < -0.4 is 4.90 Å². The van der Waals surface area contributed by atoms with E-state index in [1.165, 1.54) is 27.8 Å². The number of nitrogens with zero attached hydrogens (tertiary/aromatic N) is 2. The summed E-state index contributed by atoms with van der Waals surface area (Å²) in [7, 11) is 0. The third-order valence-corrected chi connectivity index (χ3v) is 11.3. The van der Waals surface area contributed by atoms with E-state index in [1.54, 1.807) is 0 Å². The van der Waals surface area contributed by atoms with E-state index >= 15 is 0 Å². The lowest BCUT2D eigenvalue weighted by molar-refractivity contribution is 0.620. The van der Waals surface area contributed by atoms with E-state index in [9.17, 15) is 0 Å². The number of benzene rings is 8. The number of hydrogen-bond donors (Lipinski definition) is 0. The molecule has 0 bridgehead atoms. The minimum Gasteiger partial charge on any atom is -0.454 e. The van der Waals surface area contributed by atoms with Crippen molar-refractivity contribution in [1.82, 2.24) is 4.98 Å². The van der Waals surface area contributed by atoms with Crippen molar-refractivity contribution in [3.63, 3.8) is 0 Å². The fourth-order valence-corrected chi connectivity index (χ4v) is 8.66. The smallest absolute Gasteiger partial charge is 0.228 e. The van der Waals surface area contributed by atoms with Gasteiger partial charge in [-0.2, -0.15) is 0 Å². The topological polar surface area (TPSA) is 42.4 Å². The molecular formula is C50H34N2O2. The molecule has 1 aliphatic rings. The minimum absolute atomic E-state index is 0.158. The van der Waals surface area contributed by atoms with E-state index in [0.29, 0.717) is 5.89 Å². The van der Waals surface area contributed by atoms with Gasteiger partial charge in [0.25, 0.3) is 0 Å². The summed E-state index contributed by atoms with van der Waals surface area (Å²) in [5, 5.41) is 4.30. The number of aromatic nitrogens is 1. The Morgan fingerprint density at radius 3 is 2.07 bits per heavy atom. The first-order chi connectivity index (χ1) is 26.5. The summed E-state index contributed by atoms with van der Waals surface area (Å²) >= 11 is 0. The largest absolute Gasteiger partial charge is 0.454 e. The van der Waals surface area contributed by atoms with Gasteiger partial charge in [-0.15, -0.1) is 0 Å². The lowest BCUT2D eigenvalue weighted by Gasteiger charge is -2.28. The number of anilines is 3. The van der Waals surface area contributed by atoms with Gasteiger partial charge in [-0.1, -0.05) is 129 Å². The van der Waals surface area contributed by atoms with Crippen LogP contribution in [-0.4, -0.2) is 4.98 Å². The van der Waals surface area contributed by atoms with Crippen LogP contribution in [-0.2, 0) is 5.41 Å². The second-order valence-corrected chi connectivity index (χ2v) is 14.7. The fourth-order valence-electron chi connectivity index (χ4n) is 8.66. The van der Waals surface area contributed by atoms with E-state index in [4.69, 9.17) is 13.8 Å². The molecule has 0 saturated heterocycles. The Hall–Kier alpha value is -6.91. The lowest BCUT2D eigenvalue weighted by atomic mass is 9.82. The predicted molar refractivity (Wildman–Crippen MR) is 222 cm³/mol. The molecule has 8 aromatic carbocycles. The first-order valence-corrected chi connectivity index (χ1v) is 18.5. The van der Waals surface area contributed by atoms with Gasteiger partial charge in [0.15, 0.2) is 11.2 Å². The maximum absolute atomic E-state index is 7.02. The van der Waals surface area contributed by atoms with Crippen LogP contribution in [0, 0.1) is 0 Å². The number of para-hydroxylation sites is 2. The Kier molecular flexibility index (Phi) is 6.56. The summed E-state index contributed by atoms with van der Waals surface area (Å²) in [4.78, 5) is 7.33. The maximum Gasteiger partial charge on any atom is 0.228 e. The normalized spacial score (nSPS) is 13.1. The molecule has 54 heavy (non-hydrogen) atoms. The molecule has 0 amide bonds. The van der Waals surface area contributed by atoms with Gasteiger partial charge in [-0.3, -0.25) is 0 Å². The highest BCUT2D eigenvalue weighted by Crippen LogP contribution is 2.52.